The van der Waals surface area contributed by atoms with Crippen molar-refractivity contribution in [3.63, 3.8) is 0 Å². The van der Waals surface area contributed by atoms with Crippen LogP contribution in [0.25, 0.3) is 16.2 Å². The fraction of sp³-hybridized carbons (Fsp3) is 0.375. The maximum absolute atomic E-state index is 4.87. The number of fused-ring (bicyclic) bond motifs is 1. The fourth-order valence-electron chi connectivity index (χ4n) is 2.31. The van der Waals surface area contributed by atoms with Gasteiger partial charge in [-0.3, -0.25) is 0 Å². The molecule has 0 unspecified atom stereocenters. The van der Waals surface area contributed by atoms with E-state index in [4.69, 9.17) is 4.98 Å². The van der Waals surface area contributed by atoms with Gasteiger partial charge in [-0.15, -0.1) is 11.3 Å². The van der Waals surface area contributed by atoms with Gasteiger partial charge in [-0.2, -0.15) is 0 Å². The van der Waals surface area contributed by atoms with Gasteiger partial charge < -0.3 is 14.2 Å². The van der Waals surface area contributed by atoms with Crippen LogP contribution >= 0.6 is 11.3 Å². The van der Waals surface area contributed by atoms with Crippen molar-refractivity contribution in [1.82, 2.24) is 19.3 Å². The van der Waals surface area contributed by atoms with Gasteiger partial charge in [-0.25, -0.2) is 9.97 Å². The van der Waals surface area contributed by atoms with Gasteiger partial charge in [0.05, 0.1) is 10.6 Å². The number of likely N-dealkylation sites (N-methyl/N-ethyl adjacent to an activating group) is 2. The summed E-state index contributed by atoms with van der Waals surface area (Å²) in [5.41, 5.74) is 3.17. The summed E-state index contributed by atoms with van der Waals surface area (Å²) in [6.45, 7) is 4.00. The normalized spacial score (nSPS) is 11.5. The van der Waals surface area contributed by atoms with Crippen LogP contribution in [0.15, 0.2) is 30.0 Å². The van der Waals surface area contributed by atoms with E-state index < -0.39 is 0 Å². The third-order valence-corrected chi connectivity index (χ3v) is 4.65. The van der Waals surface area contributed by atoms with E-state index in [0.29, 0.717) is 0 Å². The van der Waals surface area contributed by atoms with E-state index in [-0.39, 0.29) is 0 Å². The van der Waals surface area contributed by atoms with Crippen LogP contribution in [0.1, 0.15) is 5.56 Å². The first kappa shape index (κ1) is 15.0. The molecule has 0 aromatic carbocycles. The molecule has 0 fully saturated rings. The Balaban J connectivity index is 2.02. The van der Waals surface area contributed by atoms with Gasteiger partial charge in [0, 0.05) is 38.7 Å². The van der Waals surface area contributed by atoms with Crippen LogP contribution in [0.3, 0.4) is 0 Å². The first-order valence-corrected chi connectivity index (χ1v) is 8.17. The Morgan fingerprint density at radius 2 is 2.05 bits per heavy atom. The molecule has 0 spiro atoms. The number of thiophene rings is 1. The summed E-state index contributed by atoms with van der Waals surface area (Å²) in [4.78, 5) is 14.9. The maximum atomic E-state index is 4.87. The number of imidazole rings is 1. The number of rotatable bonds is 5. The van der Waals surface area contributed by atoms with Crippen molar-refractivity contribution in [3.05, 3.63) is 35.6 Å². The molecular weight excluding hydrogens is 294 g/mol. The molecule has 0 saturated carbocycles. The Morgan fingerprint density at radius 1 is 1.23 bits per heavy atom. The molecule has 0 amide bonds. The highest BCUT2D eigenvalue weighted by Gasteiger charge is 2.13. The van der Waals surface area contributed by atoms with Gasteiger partial charge in [0.2, 0.25) is 0 Å². The zero-order valence-electron chi connectivity index (χ0n) is 13.4. The maximum Gasteiger partial charge on any atom is 0.180 e. The molecule has 0 aliphatic heterocycles. The monoisotopic (exact) mass is 315 g/mol. The van der Waals surface area contributed by atoms with Gasteiger partial charge in [0.25, 0.3) is 0 Å². The van der Waals surface area contributed by atoms with Crippen molar-refractivity contribution in [2.75, 3.05) is 39.1 Å². The van der Waals surface area contributed by atoms with E-state index in [9.17, 15) is 0 Å². The van der Waals surface area contributed by atoms with Crippen LogP contribution in [0.5, 0.6) is 0 Å². The smallest absolute Gasteiger partial charge is 0.180 e. The van der Waals surface area contributed by atoms with Crippen molar-refractivity contribution in [3.8, 4) is 10.6 Å². The van der Waals surface area contributed by atoms with Crippen LogP contribution in [0, 0.1) is 6.92 Å². The van der Waals surface area contributed by atoms with E-state index >= 15 is 0 Å². The molecule has 0 atom stereocenters. The van der Waals surface area contributed by atoms with E-state index in [1.54, 1.807) is 11.3 Å². The van der Waals surface area contributed by atoms with Crippen molar-refractivity contribution in [2.24, 2.45) is 0 Å². The molecule has 0 saturated heterocycles. The van der Waals surface area contributed by atoms with Crippen LogP contribution in [0.2, 0.25) is 0 Å². The van der Waals surface area contributed by atoms with Gasteiger partial charge in [0.1, 0.15) is 0 Å². The topological polar surface area (TPSA) is 36.7 Å². The summed E-state index contributed by atoms with van der Waals surface area (Å²) < 4.78 is 2.05. The second-order valence-corrected chi connectivity index (χ2v) is 6.73. The largest absolute Gasteiger partial charge is 0.355 e. The van der Waals surface area contributed by atoms with Crippen molar-refractivity contribution in [2.45, 2.75) is 6.92 Å². The summed E-state index contributed by atoms with van der Waals surface area (Å²) in [6.07, 6.45) is 5.85. The Morgan fingerprint density at radius 3 is 2.73 bits per heavy atom. The van der Waals surface area contributed by atoms with Crippen LogP contribution in [-0.2, 0) is 0 Å². The summed E-state index contributed by atoms with van der Waals surface area (Å²) in [5, 5.41) is 2.16. The average molecular weight is 315 g/mol. The minimum absolute atomic E-state index is 0.901. The summed E-state index contributed by atoms with van der Waals surface area (Å²) in [7, 11) is 6.23. The van der Waals surface area contributed by atoms with Gasteiger partial charge in [-0.05, 0) is 38.0 Å². The van der Waals surface area contributed by atoms with Crippen LogP contribution in [-0.4, -0.2) is 53.5 Å². The number of aryl methyl sites for hydroxylation is 1. The highest BCUT2D eigenvalue weighted by atomic mass is 32.1. The van der Waals surface area contributed by atoms with Gasteiger partial charge in [0.15, 0.2) is 11.5 Å². The van der Waals surface area contributed by atoms with Crippen molar-refractivity contribution >= 4 is 22.8 Å². The molecule has 3 aromatic heterocycles. The standard InChI is InChI=1S/C16H21N5S/c1-12-9-14(22-11-12)13-10-21-6-5-17-15(21)16(18-13)20(4)8-7-19(2)3/h5-6,9-11H,7-8H2,1-4H3. The van der Waals surface area contributed by atoms with Gasteiger partial charge in [-0.1, -0.05) is 0 Å². The van der Waals surface area contributed by atoms with Crippen LogP contribution in [0.4, 0.5) is 5.82 Å². The molecule has 116 valence electrons. The highest BCUT2D eigenvalue weighted by Crippen LogP contribution is 2.28. The average Bonchev–Trinajstić information content (AvgIpc) is 3.11. The fourth-order valence-corrected chi connectivity index (χ4v) is 3.17. The quantitative estimate of drug-likeness (QED) is 0.725. The molecule has 22 heavy (non-hydrogen) atoms. The molecule has 3 rings (SSSR count). The van der Waals surface area contributed by atoms with Crippen molar-refractivity contribution in [1.29, 1.82) is 0 Å². The number of nitrogens with zero attached hydrogens (tertiary/aromatic N) is 5. The second-order valence-electron chi connectivity index (χ2n) is 5.82. The number of hydrogen-bond donors (Lipinski definition) is 0. The molecular formula is C16H21N5S. The molecule has 5 nitrogen and oxygen atoms in total. The lowest BCUT2D eigenvalue weighted by atomic mass is 10.3. The minimum atomic E-state index is 0.901. The lowest BCUT2D eigenvalue weighted by molar-refractivity contribution is 0.416. The Labute approximate surface area is 134 Å². The zero-order chi connectivity index (χ0) is 15.7. The number of hydrogen-bond acceptors (Lipinski definition) is 5. The Hall–Kier alpha value is -1.92. The second kappa shape index (κ2) is 6.06. The lowest BCUT2D eigenvalue weighted by Gasteiger charge is -2.21. The van der Waals surface area contributed by atoms with E-state index in [1.807, 2.05) is 12.4 Å². The van der Waals surface area contributed by atoms with Crippen LogP contribution < -0.4 is 4.90 Å². The molecule has 0 bridgehead atoms. The predicted octanol–water partition coefficient (Wildman–Crippen LogP) is 2.76. The molecule has 6 heteroatoms. The summed E-state index contributed by atoms with van der Waals surface area (Å²) >= 11 is 1.73. The molecule has 3 aromatic rings. The Kier molecular flexibility index (Phi) is 4.13. The van der Waals surface area contributed by atoms with Gasteiger partial charge >= 0.3 is 0 Å². The molecule has 0 aliphatic rings. The third kappa shape index (κ3) is 2.98. The predicted molar refractivity (Wildman–Crippen MR) is 92.9 cm³/mol. The van der Waals surface area contributed by atoms with E-state index in [1.165, 1.54) is 10.4 Å². The Bertz CT molecular complexity index is 774. The van der Waals surface area contributed by atoms with E-state index in [0.717, 1.165) is 30.2 Å². The SMILES string of the molecule is Cc1csc(-c2cn3ccnc3c(N(C)CCN(C)C)n2)c1. The summed E-state index contributed by atoms with van der Waals surface area (Å²) in [5.74, 6) is 0.926. The van der Waals surface area contributed by atoms with E-state index in [2.05, 4.69) is 64.9 Å². The third-order valence-electron chi connectivity index (χ3n) is 3.58. The molecule has 0 radical (unpaired) electrons. The lowest BCUT2D eigenvalue weighted by Crippen LogP contribution is -2.29. The molecule has 0 aliphatic carbocycles. The number of anilines is 1. The zero-order valence-corrected chi connectivity index (χ0v) is 14.3. The minimum Gasteiger partial charge on any atom is -0.355 e. The first-order chi connectivity index (χ1) is 10.5. The summed E-state index contributed by atoms with van der Waals surface area (Å²) in [6, 6.07) is 2.18. The number of aromatic nitrogens is 3. The van der Waals surface area contributed by atoms with Crippen molar-refractivity contribution < 1.29 is 0 Å². The first-order valence-electron chi connectivity index (χ1n) is 7.29. The highest BCUT2D eigenvalue weighted by molar-refractivity contribution is 7.13. The molecule has 3 heterocycles. The molecule has 0 N–H and O–H groups in total.